The largest absolute Gasteiger partial charge is 0.396 e. The molecule has 4 aromatic rings. The zero-order valence-electron chi connectivity index (χ0n) is 38.5. The number of carbonyl (C=O) groups is 4. The summed E-state index contributed by atoms with van der Waals surface area (Å²) in [5.41, 5.74) is 3.88. The molecular weight excluding hydrogens is 845 g/mol. The highest BCUT2D eigenvalue weighted by atomic mass is 16.3. The summed E-state index contributed by atoms with van der Waals surface area (Å²) in [5, 5.41) is 26.5. The van der Waals surface area contributed by atoms with Gasteiger partial charge in [-0.3, -0.25) is 28.8 Å². The van der Waals surface area contributed by atoms with Crippen molar-refractivity contribution < 1.29 is 29.4 Å². The summed E-state index contributed by atoms with van der Waals surface area (Å²) in [6, 6.07) is 5.15. The molecule has 0 saturated carbocycles. The Bertz CT molecular complexity index is 2450. The fourth-order valence-corrected chi connectivity index (χ4v) is 10.6. The van der Waals surface area contributed by atoms with Crippen molar-refractivity contribution in [3.63, 3.8) is 0 Å². The van der Waals surface area contributed by atoms with Crippen LogP contribution in [-0.2, 0) is 59.2 Å². The van der Waals surface area contributed by atoms with Gasteiger partial charge in [0.2, 0.25) is 23.6 Å². The number of aryl methyl sites for hydroxylation is 2. The van der Waals surface area contributed by atoms with Gasteiger partial charge in [0.15, 0.2) is 0 Å². The molecule has 66 heavy (non-hydrogen) atoms. The first kappa shape index (κ1) is 47.6. The molecule has 8 atom stereocenters. The number of allylic oxidation sites excluding steroid dienone is 2. The smallest absolute Gasteiger partial charge is 0.258 e. The molecule has 4 amide bonds. The normalized spacial score (nSPS) is 23.7. The minimum absolute atomic E-state index is 0.0801. The van der Waals surface area contributed by atoms with Crippen LogP contribution >= 0.6 is 0 Å². The second kappa shape index (κ2) is 20.4. The molecule has 2 fully saturated rings. The lowest BCUT2D eigenvalue weighted by atomic mass is 9.86. The summed E-state index contributed by atoms with van der Waals surface area (Å²) in [6.45, 7) is 8.13. The number of aliphatic hydroxyl groups is 2. The van der Waals surface area contributed by atoms with Gasteiger partial charge in [-0.05, 0) is 38.1 Å². The predicted molar refractivity (Wildman–Crippen MR) is 246 cm³/mol. The molecule has 4 bridgehead atoms. The van der Waals surface area contributed by atoms with Gasteiger partial charge >= 0.3 is 0 Å². The molecule has 8 rings (SSSR count). The Morgan fingerprint density at radius 3 is 1.38 bits per heavy atom. The van der Waals surface area contributed by atoms with E-state index in [4.69, 9.17) is 0 Å². The number of aromatic nitrogens is 6. The summed E-state index contributed by atoms with van der Waals surface area (Å²) < 4.78 is 7.05. The van der Waals surface area contributed by atoms with Crippen LogP contribution in [0.5, 0.6) is 0 Å². The fourth-order valence-electron chi connectivity index (χ4n) is 10.6. The number of carbonyl (C=O) groups excluding carboxylic acids is 4. The Kier molecular flexibility index (Phi) is 14.7. The van der Waals surface area contributed by atoms with E-state index in [9.17, 15) is 39.0 Å². The lowest BCUT2D eigenvalue weighted by Gasteiger charge is -2.38. The molecule has 2 saturated heterocycles. The maximum Gasteiger partial charge on any atom is 0.258 e. The van der Waals surface area contributed by atoms with Gasteiger partial charge in [-0.1, -0.05) is 38.2 Å². The molecule has 4 aromatic heterocycles. The van der Waals surface area contributed by atoms with Gasteiger partial charge < -0.3 is 48.9 Å². The molecular formula is C48H62N10O8. The van der Waals surface area contributed by atoms with Crippen LogP contribution in [0.15, 0.2) is 71.1 Å². The number of nitrogens with one attached hydrogen (secondary N) is 2. The van der Waals surface area contributed by atoms with Gasteiger partial charge in [0.05, 0.1) is 60.0 Å². The van der Waals surface area contributed by atoms with Crippen LogP contribution in [-0.4, -0.2) is 110 Å². The lowest BCUT2D eigenvalue weighted by Crippen LogP contribution is -2.49. The lowest BCUT2D eigenvalue weighted by molar-refractivity contribution is -0.137. The first-order chi connectivity index (χ1) is 31.8. The maximum atomic E-state index is 13.4. The summed E-state index contributed by atoms with van der Waals surface area (Å²) in [7, 11) is 3.78. The summed E-state index contributed by atoms with van der Waals surface area (Å²) in [4.78, 5) is 90.9. The first-order valence-corrected chi connectivity index (χ1v) is 22.9. The second-order valence-electron chi connectivity index (χ2n) is 17.5. The standard InChI is InChI=1S/2C24H31N5O4/c2*1-4-6-15-7-8-18-22-21(23(32)25-10-9-16-11-27(3)14-26-16)17(13-30)19(12-28(18)24(15)33)29(22)20(31)5-2/h2*4,6-8,11,14,17,19,21-22,30H,5,9-10,12-13H2,1-3H3,(H,25,32)/b6-4+;6-4-/t2*17-,19-,21+,22+/m00/s1. The van der Waals surface area contributed by atoms with Crippen molar-refractivity contribution in [3.05, 3.63) is 116 Å². The Morgan fingerprint density at radius 1 is 0.667 bits per heavy atom. The number of fused-ring (bicyclic) bond motifs is 8. The van der Waals surface area contributed by atoms with E-state index in [2.05, 4.69) is 20.6 Å². The number of hydrogen-bond donors (Lipinski definition) is 4. The summed E-state index contributed by atoms with van der Waals surface area (Å²) in [6.07, 6.45) is 16.1. The molecule has 0 spiro atoms. The summed E-state index contributed by atoms with van der Waals surface area (Å²) >= 11 is 0. The van der Waals surface area contributed by atoms with Crippen LogP contribution in [0.25, 0.3) is 12.2 Å². The van der Waals surface area contributed by atoms with Gasteiger partial charge in [-0.15, -0.1) is 0 Å². The van der Waals surface area contributed by atoms with E-state index in [1.165, 1.54) is 0 Å². The predicted octanol–water partition coefficient (Wildman–Crippen LogP) is 1.75. The first-order valence-electron chi connectivity index (χ1n) is 22.9. The topological polar surface area (TPSA) is 219 Å². The van der Waals surface area contributed by atoms with Crippen molar-refractivity contribution in [2.75, 3.05) is 26.3 Å². The minimum Gasteiger partial charge on any atom is -0.396 e. The fraction of sp³-hybridized carbons (Fsp3) is 0.500. The zero-order valence-corrected chi connectivity index (χ0v) is 38.5. The van der Waals surface area contributed by atoms with E-state index >= 15 is 0 Å². The van der Waals surface area contributed by atoms with Gasteiger partial charge in [-0.25, -0.2) is 9.97 Å². The highest BCUT2D eigenvalue weighted by Crippen LogP contribution is 2.50. The highest BCUT2D eigenvalue weighted by molar-refractivity contribution is 5.85. The number of rotatable bonds is 14. The Balaban J connectivity index is 0.000000196. The third-order valence-electron chi connectivity index (χ3n) is 13.5. The van der Waals surface area contributed by atoms with Crippen LogP contribution in [0.4, 0.5) is 0 Å². The average Bonchev–Trinajstić information content (AvgIpc) is 4.05. The summed E-state index contributed by atoms with van der Waals surface area (Å²) in [5.74, 6) is -2.78. The molecule has 0 radical (unpaired) electrons. The van der Waals surface area contributed by atoms with E-state index in [1.54, 1.807) is 69.7 Å². The average molecular weight is 907 g/mol. The van der Waals surface area contributed by atoms with Gasteiger partial charge in [0.1, 0.15) is 0 Å². The molecule has 0 aromatic carbocycles. The Labute approximate surface area is 383 Å². The SMILES string of the molecule is C/C=C/c1ccc2n(c1=O)C[C@H]1[C@H](CO)[C@@H](C(=O)NCCc3cn(C)cn3)[C@@H]2N1C(=O)CC.C/C=C\c1ccc2n(c1=O)C[C@H]1[C@H](CO)[C@@H](C(=O)NCCc3cn(C)cn3)[C@@H]2N1C(=O)CC. The van der Waals surface area contributed by atoms with E-state index in [1.807, 2.05) is 73.8 Å². The molecule has 18 heteroatoms. The maximum absolute atomic E-state index is 13.4. The van der Waals surface area contributed by atoms with Crippen LogP contribution in [0.1, 0.15) is 86.5 Å². The zero-order chi connectivity index (χ0) is 47.4. The van der Waals surface area contributed by atoms with Crippen molar-refractivity contribution in [3.8, 4) is 0 Å². The van der Waals surface area contributed by atoms with Crippen LogP contribution in [0.2, 0.25) is 0 Å². The third kappa shape index (κ3) is 8.95. The Morgan fingerprint density at radius 2 is 1.06 bits per heavy atom. The van der Waals surface area contributed by atoms with Crippen molar-refractivity contribution in [2.24, 2.45) is 37.8 Å². The number of hydrogen-bond acceptors (Lipinski definition) is 10. The number of amides is 4. The molecule has 0 aliphatic carbocycles. The van der Waals surface area contributed by atoms with Gasteiger partial charge in [-0.2, -0.15) is 0 Å². The molecule has 4 aliphatic rings. The van der Waals surface area contributed by atoms with Crippen LogP contribution in [0, 0.1) is 23.7 Å². The molecule has 4 N–H and O–H groups in total. The Hall–Kier alpha value is -6.40. The van der Waals surface area contributed by atoms with E-state index in [-0.39, 0.29) is 61.1 Å². The number of nitrogens with zero attached hydrogens (tertiary/aromatic N) is 8. The highest BCUT2D eigenvalue weighted by Gasteiger charge is 2.58. The molecule has 352 valence electrons. The third-order valence-corrected chi connectivity index (χ3v) is 13.5. The van der Waals surface area contributed by atoms with Gasteiger partial charge in [0, 0.05) is 126 Å². The second-order valence-corrected chi connectivity index (χ2v) is 17.5. The molecule has 4 aliphatic heterocycles. The van der Waals surface area contributed by atoms with E-state index in [0.29, 0.717) is 61.3 Å². The molecule has 18 nitrogen and oxygen atoms in total. The van der Waals surface area contributed by atoms with Crippen molar-refractivity contribution in [2.45, 2.75) is 90.6 Å². The van der Waals surface area contributed by atoms with E-state index in [0.717, 1.165) is 11.4 Å². The van der Waals surface area contributed by atoms with Crippen molar-refractivity contribution in [1.82, 2.24) is 48.7 Å². The number of pyridine rings is 2. The quantitative estimate of drug-likeness (QED) is 0.144. The minimum atomic E-state index is -0.639. The monoisotopic (exact) mass is 906 g/mol. The van der Waals surface area contributed by atoms with Crippen molar-refractivity contribution >= 4 is 35.8 Å². The molecule has 8 heterocycles. The van der Waals surface area contributed by atoms with Gasteiger partial charge in [0.25, 0.3) is 11.1 Å². The van der Waals surface area contributed by atoms with E-state index < -0.39 is 47.8 Å². The van der Waals surface area contributed by atoms with Crippen molar-refractivity contribution in [1.29, 1.82) is 0 Å². The van der Waals surface area contributed by atoms with Crippen LogP contribution in [0.3, 0.4) is 0 Å². The molecule has 0 unspecified atom stereocenters. The van der Waals surface area contributed by atoms with Crippen LogP contribution < -0.4 is 21.8 Å². The number of aliphatic hydroxyl groups excluding tert-OH is 2. The number of imidazole rings is 2.